The molecule has 1 N–H and O–H groups in total. The number of aliphatic imine (C=N–C) groups is 1. The molecule has 0 amide bonds. The third-order valence-electron chi connectivity index (χ3n) is 4.03. The van der Waals surface area contributed by atoms with Crippen LogP contribution >= 0.6 is 15.9 Å². The van der Waals surface area contributed by atoms with Crippen LogP contribution in [0.1, 0.15) is 22.7 Å². The Bertz CT molecular complexity index is 745. The van der Waals surface area contributed by atoms with Gasteiger partial charge in [0.05, 0.1) is 20.3 Å². The number of methoxy groups -OCH3 is 2. The average molecular weight is 376 g/mol. The molecule has 1 aliphatic rings. The molecule has 0 unspecified atom stereocenters. The van der Waals surface area contributed by atoms with Gasteiger partial charge in [-0.1, -0.05) is 22.0 Å². The fourth-order valence-electron chi connectivity index (χ4n) is 2.85. The molecule has 0 saturated carbocycles. The molecular formula is C18H18BrNO3. The standard InChI is InChI=1S/C18H18BrNO3/c1-22-14-5-3-11(17(9-14)23-2)10-20-18-15-6-4-13(19)7-12(15)8-16(18)21/h3-7,9-10,16,18,21H,8H2,1-2H3/b20-10+/t16-,18+/m0/s1. The smallest absolute Gasteiger partial charge is 0.131 e. The molecule has 0 spiro atoms. The molecule has 23 heavy (non-hydrogen) atoms. The minimum atomic E-state index is -0.500. The molecule has 5 heteroatoms. The second-order valence-corrected chi connectivity index (χ2v) is 6.36. The van der Waals surface area contributed by atoms with Crippen molar-refractivity contribution in [3.05, 3.63) is 57.6 Å². The first kappa shape index (κ1) is 16.0. The van der Waals surface area contributed by atoms with E-state index in [0.29, 0.717) is 12.2 Å². The Balaban J connectivity index is 1.89. The summed E-state index contributed by atoms with van der Waals surface area (Å²) in [5, 5.41) is 10.3. The highest BCUT2D eigenvalue weighted by atomic mass is 79.9. The lowest BCUT2D eigenvalue weighted by Gasteiger charge is -2.12. The summed E-state index contributed by atoms with van der Waals surface area (Å²) in [6.07, 6.45) is 1.87. The van der Waals surface area contributed by atoms with Gasteiger partial charge in [0.2, 0.25) is 0 Å². The van der Waals surface area contributed by atoms with Crippen molar-refractivity contribution in [3.63, 3.8) is 0 Å². The Morgan fingerprint density at radius 3 is 2.74 bits per heavy atom. The van der Waals surface area contributed by atoms with Crippen molar-refractivity contribution in [1.29, 1.82) is 0 Å². The van der Waals surface area contributed by atoms with E-state index in [9.17, 15) is 5.11 Å². The lowest BCUT2D eigenvalue weighted by molar-refractivity contribution is 0.159. The van der Waals surface area contributed by atoms with E-state index >= 15 is 0 Å². The first-order valence-corrected chi connectivity index (χ1v) is 8.13. The second-order valence-electron chi connectivity index (χ2n) is 5.45. The summed E-state index contributed by atoms with van der Waals surface area (Å²) >= 11 is 3.46. The van der Waals surface area contributed by atoms with Gasteiger partial charge in [0.1, 0.15) is 17.5 Å². The molecule has 0 fully saturated rings. The summed E-state index contributed by atoms with van der Waals surface area (Å²) in [6.45, 7) is 0. The summed E-state index contributed by atoms with van der Waals surface area (Å²) in [4.78, 5) is 4.60. The van der Waals surface area contributed by atoms with Crippen LogP contribution in [0, 0.1) is 0 Å². The van der Waals surface area contributed by atoms with Gasteiger partial charge in [-0.05, 0) is 35.4 Å². The van der Waals surface area contributed by atoms with Crippen molar-refractivity contribution in [2.24, 2.45) is 4.99 Å². The number of hydrogen-bond donors (Lipinski definition) is 1. The highest BCUT2D eigenvalue weighted by molar-refractivity contribution is 9.10. The minimum Gasteiger partial charge on any atom is -0.497 e. The van der Waals surface area contributed by atoms with Crippen molar-refractivity contribution >= 4 is 22.1 Å². The van der Waals surface area contributed by atoms with Gasteiger partial charge < -0.3 is 14.6 Å². The highest BCUT2D eigenvalue weighted by Crippen LogP contribution is 2.36. The molecule has 1 aliphatic carbocycles. The van der Waals surface area contributed by atoms with Gasteiger partial charge in [-0.15, -0.1) is 0 Å². The second kappa shape index (κ2) is 6.72. The molecule has 0 saturated heterocycles. The van der Waals surface area contributed by atoms with Crippen LogP contribution < -0.4 is 9.47 Å². The van der Waals surface area contributed by atoms with Crippen LogP contribution in [0.2, 0.25) is 0 Å². The number of ether oxygens (including phenoxy) is 2. The van der Waals surface area contributed by atoms with Crippen LogP contribution in [0.3, 0.4) is 0 Å². The molecule has 0 radical (unpaired) electrons. The number of fused-ring (bicyclic) bond motifs is 1. The molecule has 3 rings (SSSR count). The van der Waals surface area contributed by atoms with Crippen molar-refractivity contribution < 1.29 is 14.6 Å². The maximum absolute atomic E-state index is 10.3. The Morgan fingerprint density at radius 1 is 1.17 bits per heavy atom. The quantitative estimate of drug-likeness (QED) is 0.831. The molecule has 0 aliphatic heterocycles. The Labute approximate surface area is 143 Å². The van der Waals surface area contributed by atoms with E-state index < -0.39 is 6.10 Å². The van der Waals surface area contributed by atoms with Crippen LogP contribution in [-0.2, 0) is 6.42 Å². The first-order valence-electron chi connectivity index (χ1n) is 7.34. The third kappa shape index (κ3) is 3.26. The van der Waals surface area contributed by atoms with Crippen molar-refractivity contribution in [3.8, 4) is 11.5 Å². The zero-order valence-corrected chi connectivity index (χ0v) is 14.6. The summed E-state index contributed by atoms with van der Waals surface area (Å²) in [6, 6.07) is 11.4. The lowest BCUT2D eigenvalue weighted by Crippen LogP contribution is -2.11. The number of aliphatic hydroxyl groups is 1. The molecule has 0 aromatic heterocycles. The predicted molar refractivity (Wildman–Crippen MR) is 93.7 cm³/mol. The molecular weight excluding hydrogens is 358 g/mol. The van der Waals surface area contributed by atoms with E-state index in [1.54, 1.807) is 20.4 Å². The van der Waals surface area contributed by atoms with Gasteiger partial charge >= 0.3 is 0 Å². The molecule has 2 atom stereocenters. The number of rotatable bonds is 4. The maximum Gasteiger partial charge on any atom is 0.131 e. The highest BCUT2D eigenvalue weighted by Gasteiger charge is 2.30. The zero-order chi connectivity index (χ0) is 16.4. The zero-order valence-electron chi connectivity index (χ0n) is 13.0. The summed E-state index contributed by atoms with van der Waals surface area (Å²) < 4.78 is 11.6. The number of nitrogens with zero attached hydrogens (tertiary/aromatic N) is 1. The molecule has 0 heterocycles. The van der Waals surface area contributed by atoms with Crippen molar-refractivity contribution in [1.82, 2.24) is 0 Å². The van der Waals surface area contributed by atoms with Gasteiger partial charge in [-0.2, -0.15) is 0 Å². The van der Waals surface area contributed by atoms with Crippen LogP contribution in [0.5, 0.6) is 11.5 Å². The monoisotopic (exact) mass is 375 g/mol. The van der Waals surface area contributed by atoms with E-state index in [4.69, 9.17) is 9.47 Å². The Morgan fingerprint density at radius 2 is 2.00 bits per heavy atom. The molecule has 4 nitrogen and oxygen atoms in total. The van der Waals surface area contributed by atoms with Crippen LogP contribution in [-0.4, -0.2) is 31.6 Å². The summed E-state index contributed by atoms with van der Waals surface area (Å²) in [7, 11) is 3.23. The Hall–Kier alpha value is -1.85. The normalized spacial score (nSPS) is 19.8. The summed E-state index contributed by atoms with van der Waals surface area (Å²) in [5.41, 5.74) is 3.06. The van der Waals surface area contributed by atoms with Crippen molar-refractivity contribution in [2.45, 2.75) is 18.6 Å². The van der Waals surface area contributed by atoms with E-state index in [-0.39, 0.29) is 6.04 Å². The van der Waals surface area contributed by atoms with Gasteiger partial charge in [0.25, 0.3) is 0 Å². The van der Waals surface area contributed by atoms with Crippen LogP contribution in [0.25, 0.3) is 0 Å². The molecule has 120 valence electrons. The van der Waals surface area contributed by atoms with Crippen LogP contribution in [0.4, 0.5) is 0 Å². The third-order valence-corrected chi connectivity index (χ3v) is 4.53. The van der Waals surface area contributed by atoms with Crippen molar-refractivity contribution in [2.75, 3.05) is 14.2 Å². The Kier molecular flexibility index (Phi) is 4.68. The van der Waals surface area contributed by atoms with E-state index in [0.717, 1.165) is 26.9 Å². The van der Waals surface area contributed by atoms with Gasteiger partial charge in [0, 0.05) is 28.7 Å². The van der Waals surface area contributed by atoms with Gasteiger partial charge in [-0.25, -0.2) is 0 Å². The first-order chi connectivity index (χ1) is 11.1. The number of benzene rings is 2. The molecule has 2 aromatic carbocycles. The van der Waals surface area contributed by atoms with Gasteiger partial charge in [0.15, 0.2) is 0 Å². The fraction of sp³-hybridized carbons (Fsp3) is 0.278. The fourth-order valence-corrected chi connectivity index (χ4v) is 3.26. The number of aliphatic hydroxyl groups excluding tert-OH is 1. The molecule has 2 aromatic rings. The van der Waals surface area contributed by atoms with Gasteiger partial charge in [-0.3, -0.25) is 4.99 Å². The van der Waals surface area contributed by atoms with E-state index in [1.807, 2.05) is 36.4 Å². The molecule has 0 bridgehead atoms. The lowest BCUT2D eigenvalue weighted by atomic mass is 10.1. The van der Waals surface area contributed by atoms with E-state index in [2.05, 4.69) is 20.9 Å². The number of halogens is 1. The SMILES string of the molecule is COc1ccc(/C=N/[C@@H]2c3ccc(Br)cc3C[C@@H]2O)c(OC)c1. The van der Waals surface area contributed by atoms with E-state index in [1.165, 1.54) is 0 Å². The van der Waals surface area contributed by atoms with Crippen LogP contribution in [0.15, 0.2) is 45.9 Å². The minimum absolute atomic E-state index is 0.245. The summed E-state index contributed by atoms with van der Waals surface area (Å²) in [5.74, 6) is 1.42. The topological polar surface area (TPSA) is 51.0 Å². The largest absolute Gasteiger partial charge is 0.497 e. The number of hydrogen-bond acceptors (Lipinski definition) is 4. The maximum atomic E-state index is 10.3. The predicted octanol–water partition coefficient (Wildman–Crippen LogP) is 3.54. The average Bonchev–Trinajstić information content (AvgIpc) is 2.87.